The number of amides is 1. The van der Waals surface area contributed by atoms with Crippen LogP contribution in [0.1, 0.15) is 0 Å². The van der Waals surface area contributed by atoms with Gasteiger partial charge in [-0.15, -0.1) is 0 Å². The first kappa shape index (κ1) is 22.4. The third-order valence-electron chi connectivity index (χ3n) is 0.383. The molecule has 0 atom stereocenters. The Balaban J connectivity index is -0.0000000437. The van der Waals surface area contributed by atoms with Gasteiger partial charge >= 0.3 is 22.8 Å². The van der Waals surface area contributed by atoms with Crippen molar-refractivity contribution < 1.29 is 38.6 Å². The van der Waals surface area contributed by atoms with Gasteiger partial charge in [0.15, 0.2) is 0 Å². The average molecular weight is 215 g/mol. The fourth-order valence-electron chi connectivity index (χ4n) is 0.0722. The molecule has 1 amide bonds. The summed E-state index contributed by atoms with van der Waals surface area (Å²) in [5.41, 5.74) is 4.83. The summed E-state index contributed by atoms with van der Waals surface area (Å²) in [6.45, 7) is 0.0174. The molecule has 0 unspecified atom stereocenters. The Morgan fingerprint density at radius 3 is 1.91 bits per heavy atom. The number of hydrogen-bond donors (Lipinski definition) is 3. The maximum atomic E-state index is 9.88. The van der Waals surface area contributed by atoms with E-state index >= 15 is 0 Å². The molecule has 7 nitrogen and oxygen atoms in total. The molecular formula is C3H12N2NiO5-. The first-order valence-electron chi connectivity index (χ1n) is 1.84. The van der Waals surface area contributed by atoms with E-state index in [4.69, 9.17) is 13.9 Å². The van der Waals surface area contributed by atoms with Gasteiger partial charge in [-0.1, -0.05) is 0 Å². The van der Waals surface area contributed by atoms with E-state index in [0.717, 1.165) is 0 Å². The van der Waals surface area contributed by atoms with Crippen LogP contribution in [-0.2, 0) is 23.4 Å². The first-order chi connectivity index (χ1) is 4.22. The van der Waals surface area contributed by atoms with E-state index < -0.39 is 14.7 Å². The molecule has 8 N–H and O–H groups in total. The average Bonchev–Trinajstić information content (AvgIpc) is 1.88. The van der Waals surface area contributed by atoms with Crippen molar-refractivity contribution in [3.8, 4) is 0 Å². The van der Waals surface area contributed by atoms with E-state index in [1.54, 1.807) is 0 Å². The van der Waals surface area contributed by atoms with Crippen LogP contribution in [0.2, 0.25) is 0 Å². The van der Waals surface area contributed by atoms with Crippen LogP contribution in [0.3, 0.4) is 0 Å². The Bertz CT molecular complexity index is 83.8. The fourth-order valence-corrected chi connectivity index (χ4v) is 0.0722. The quantitative estimate of drug-likeness (QED) is 0.306. The summed E-state index contributed by atoms with van der Waals surface area (Å²) in [5, 5.41) is 2.10. The third-order valence-corrected chi connectivity index (χ3v) is 0.383. The molecule has 75 valence electrons. The summed E-state index contributed by atoms with van der Waals surface area (Å²) in [5.74, 6) is -0.241. The van der Waals surface area contributed by atoms with Gasteiger partial charge in [0.1, 0.15) is 0 Å². The zero-order valence-corrected chi connectivity index (χ0v) is 6.56. The minimum atomic E-state index is -0.625. The zero-order chi connectivity index (χ0) is 7.70. The Morgan fingerprint density at radius 1 is 1.64 bits per heavy atom. The molecule has 0 aliphatic heterocycles. The summed E-state index contributed by atoms with van der Waals surface area (Å²) >= 11 is -0.625. The van der Waals surface area contributed by atoms with Crippen molar-refractivity contribution in [2.75, 3.05) is 6.54 Å². The van der Waals surface area contributed by atoms with E-state index in [9.17, 15) is 4.79 Å². The molecule has 0 saturated heterocycles. The molecular weight excluding hydrogens is 203 g/mol. The van der Waals surface area contributed by atoms with Crippen molar-refractivity contribution >= 4 is 5.91 Å². The molecule has 0 spiro atoms. The molecule has 0 aliphatic carbocycles. The Hall–Kier alpha value is -0.396. The topological polar surface area (TPSA) is 155 Å². The Kier molecular flexibility index (Phi) is 46.2. The second-order valence-electron chi connectivity index (χ2n) is 0.862. The van der Waals surface area contributed by atoms with Gasteiger partial charge < -0.3 is 22.0 Å². The molecule has 0 fully saturated rings. The van der Waals surface area contributed by atoms with E-state index in [0.29, 0.717) is 0 Å². The van der Waals surface area contributed by atoms with Crippen molar-refractivity contribution in [3.05, 3.63) is 7.05 Å². The Morgan fingerprint density at radius 2 is 1.91 bits per heavy atom. The van der Waals surface area contributed by atoms with Crippen molar-refractivity contribution in [2.45, 2.75) is 0 Å². The van der Waals surface area contributed by atoms with Crippen molar-refractivity contribution in [2.24, 2.45) is 5.73 Å². The predicted molar refractivity (Wildman–Crippen MR) is 32.7 cm³/mol. The predicted octanol–water partition coefficient (Wildman–Crippen LogP) is -3.47. The molecule has 0 saturated carbocycles. The first-order valence-corrected chi connectivity index (χ1v) is 2.68. The van der Waals surface area contributed by atoms with Crippen LogP contribution in [-0.4, -0.2) is 27.7 Å². The minimum absolute atomic E-state index is 0. The van der Waals surface area contributed by atoms with Gasteiger partial charge in [-0.25, -0.2) is 0 Å². The molecule has 0 heterocycles. The van der Waals surface area contributed by atoms with Gasteiger partial charge in [-0.3, -0.25) is 11.8 Å². The summed E-state index contributed by atoms with van der Waals surface area (Å²) in [6, 6.07) is 0. The molecule has 0 aliphatic rings. The number of carbonyl (C=O) groups is 1. The van der Waals surface area contributed by atoms with Crippen LogP contribution in [0.15, 0.2) is 0 Å². The van der Waals surface area contributed by atoms with E-state index in [1.807, 2.05) is 0 Å². The van der Waals surface area contributed by atoms with Crippen LogP contribution in [0.25, 0.3) is 0 Å². The van der Waals surface area contributed by atoms with E-state index in [2.05, 4.69) is 12.4 Å². The second-order valence-corrected chi connectivity index (χ2v) is 1.04. The number of carbonyl (C=O) groups excluding carboxylic acids is 1. The number of rotatable bonds is 1. The molecule has 11 heavy (non-hydrogen) atoms. The molecule has 0 aromatic heterocycles. The van der Waals surface area contributed by atoms with Crippen molar-refractivity contribution in [1.82, 2.24) is 5.32 Å². The van der Waals surface area contributed by atoms with Crippen LogP contribution >= 0.6 is 0 Å². The van der Waals surface area contributed by atoms with Gasteiger partial charge in [0.25, 0.3) is 0 Å². The van der Waals surface area contributed by atoms with Crippen molar-refractivity contribution in [1.29, 1.82) is 0 Å². The normalized spacial score (nSPS) is 6.09. The van der Waals surface area contributed by atoms with Crippen LogP contribution in [0.5, 0.6) is 0 Å². The van der Waals surface area contributed by atoms with E-state index in [-0.39, 0.29) is 23.4 Å². The van der Waals surface area contributed by atoms with Gasteiger partial charge in [0, 0.05) is 0 Å². The molecule has 0 rings (SSSR count). The van der Waals surface area contributed by atoms with Crippen LogP contribution < -0.4 is 11.1 Å². The zero-order valence-electron chi connectivity index (χ0n) is 5.57. The molecule has 0 aromatic carbocycles. The third kappa shape index (κ3) is 42.8. The van der Waals surface area contributed by atoms with Gasteiger partial charge in [0.2, 0.25) is 5.91 Å². The Labute approximate surface area is 69.9 Å². The molecule has 0 radical (unpaired) electrons. The maximum absolute atomic E-state index is 9.88. The van der Waals surface area contributed by atoms with E-state index in [1.165, 1.54) is 0 Å². The van der Waals surface area contributed by atoms with Gasteiger partial charge in [-0.05, 0) is 0 Å². The molecule has 0 bridgehead atoms. The molecule has 8 heteroatoms. The van der Waals surface area contributed by atoms with Gasteiger partial charge in [-0.2, -0.15) is 0 Å². The standard InChI is InChI=1S/C3H7N2O.Ni.3H2O.O/c1-5-3(6)2-4;;;;;/h1-2,4H2,(H,5,6);;3*1H2;/q-1;+1;;;;/p-1. The number of nitrogens with one attached hydrogen (secondary N) is 1. The summed E-state index contributed by atoms with van der Waals surface area (Å²) < 4.78 is 15.4. The van der Waals surface area contributed by atoms with Crippen molar-refractivity contribution in [3.63, 3.8) is 0 Å². The van der Waals surface area contributed by atoms with Crippen LogP contribution in [0.4, 0.5) is 0 Å². The van der Waals surface area contributed by atoms with Gasteiger partial charge in [0.05, 0.1) is 6.54 Å². The SMILES string of the molecule is O.O.[CH2-]NC(=O)CN.[O]=[Ni][OH]. The number of hydrogen-bond acceptors (Lipinski definition) is 3. The summed E-state index contributed by atoms with van der Waals surface area (Å²) in [7, 11) is 3.08. The molecule has 0 aromatic rings. The fraction of sp³-hybridized carbons (Fsp3) is 0.333. The second kappa shape index (κ2) is 22.6. The summed E-state index contributed by atoms with van der Waals surface area (Å²) in [6.07, 6.45) is 0. The number of nitrogens with two attached hydrogens (primary N) is 1. The van der Waals surface area contributed by atoms with Crippen LogP contribution in [0, 0.1) is 7.05 Å². The monoisotopic (exact) mass is 214 g/mol. The summed E-state index contributed by atoms with van der Waals surface area (Å²) in [4.78, 5) is 9.88.